The number of fused-ring (bicyclic) bond motifs is 1. The average molecular weight is 235 g/mol. The third kappa shape index (κ3) is 2.53. The van der Waals surface area contributed by atoms with E-state index in [4.69, 9.17) is 9.47 Å². The van der Waals surface area contributed by atoms with Gasteiger partial charge in [-0.15, -0.1) is 0 Å². The lowest BCUT2D eigenvalue weighted by atomic mass is 10.2. The van der Waals surface area contributed by atoms with E-state index < -0.39 is 0 Å². The lowest BCUT2D eigenvalue weighted by Gasteiger charge is -2.31. The van der Waals surface area contributed by atoms with Gasteiger partial charge >= 0.3 is 0 Å². The first-order valence-electron chi connectivity index (χ1n) is 6.31. The number of benzene rings is 1. The topological polar surface area (TPSA) is 34.9 Å². The molecule has 1 fully saturated rings. The predicted molar refractivity (Wildman–Crippen MR) is 65.7 cm³/mol. The smallest absolute Gasteiger partial charge is 0.142 e. The second-order valence-electron chi connectivity index (χ2n) is 4.71. The Labute approximate surface area is 102 Å². The zero-order valence-electron chi connectivity index (χ0n) is 9.95. The van der Waals surface area contributed by atoms with Crippen molar-refractivity contribution in [1.82, 2.24) is 0 Å². The third-order valence-electron chi connectivity index (χ3n) is 3.42. The van der Waals surface area contributed by atoms with Crippen molar-refractivity contribution < 1.29 is 14.4 Å². The molecule has 0 amide bonds. The van der Waals surface area contributed by atoms with E-state index >= 15 is 0 Å². The summed E-state index contributed by atoms with van der Waals surface area (Å²) in [6.45, 7) is 5.87. The van der Waals surface area contributed by atoms with Gasteiger partial charge in [0, 0.05) is 0 Å². The van der Waals surface area contributed by atoms with Crippen LogP contribution in [0.3, 0.4) is 0 Å². The van der Waals surface area contributed by atoms with Gasteiger partial charge in [0.1, 0.15) is 38.0 Å². The Kier molecular flexibility index (Phi) is 3.16. The average Bonchev–Trinajstić information content (AvgIpc) is 2.40. The van der Waals surface area contributed by atoms with Crippen molar-refractivity contribution in [3.8, 4) is 5.75 Å². The Morgan fingerprint density at radius 3 is 2.94 bits per heavy atom. The van der Waals surface area contributed by atoms with Gasteiger partial charge in [-0.3, -0.25) is 0 Å². The zero-order valence-corrected chi connectivity index (χ0v) is 9.95. The second kappa shape index (κ2) is 4.94. The van der Waals surface area contributed by atoms with E-state index in [-0.39, 0.29) is 0 Å². The molecule has 3 rings (SSSR count). The van der Waals surface area contributed by atoms with Crippen LogP contribution < -0.4 is 15.0 Å². The van der Waals surface area contributed by atoms with Crippen molar-refractivity contribution in [2.75, 3.05) is 44.8 Å². The molecule has 1 aromatic carbocycles. The van der Waals surface area contributed by atoms with Crippen LogP contribution >= 0.6 is 0 Å². The van der Waals surface area contributed by atoms with E-state index in [2.05, 4.69) is 11.4 Å². The minimum absolute atomic E-state index is 0.415. The fraction of sp³-hybridized carbons (Fsp3) is 0.538. The standard InChI is InChI=1S/C13H18N2O2/c1-2-4-13-12(3-1)14-11(10-17-13)9-15-5-7-16-8-6-15/h1-4,11,14H,5-10H2/p+1/t11-/m1/s1. The van der Waals surface area contributed by atoms with Crippen LogP contribution in [0.25, 0.3) is 0 Å². The van der Waals surface area contributed by atoms with Crippen LogP contribution in [-0.4, -0.2) is 45.5 Å². The van der Waals surface area contributed by atoms with Crippen LogP contribution in [0.15, 0.2) is 24.3 Å². The summed E-state index contributed by atoms with van der Waals surface area (Å²) in [5.41, 5.74) is 1.12. The molecule has 2 aliphatic heterocycles. The minimum atomic E-state index is 0.415. The normalized spacial score (nSPS) is 24.6. The lowest BCUT2D eigenvalue weighted by Crippen LogP contribution is -3.15. The van der Waals surface area contributed by atoms with Gasteiger partial charge in [0.15, 0.2) is 0 Å². The number of rotatable bonds is 2. The molecule has 0 spiro atoms. The predicted octanol–water partition coefficient (Wildman–Crippen LogP) is -0.225. The highest BCUT2D eigenvalue weighted by Crippen LogP contribution is 2.27. The van der Waals surface area contributed by atoms with Gasteiger partial charge in [0.2, 0.25) is 0 Å². The summed E-state index contributed by atoms with van der Waals surface area (Å²) in [6, 6.07) is 8.56. The maximum absolute atomic E-state index is 5.77. The van der Waals surface area contributed by atoms with Gasteiger partial charge in [-0.2, -0.15) is 0 Å². The van der Waals surface area contributed by atoms with E-state index in [1.807, 2.05) is 18.2 Å². The minimum Gasteiger partial charge on any atom is -0.489 e. The van der Waals surface area contributed by atoms with Gasteiger partial charge in [-0.25, -0.2) is 0 Å². The molecule has 1 atom stereocenters. The third-order valence-corrected chi connectivity index (χ3v) is 3.42. The Hall–Kier alpha value is -1.26. The first kappa shape index (κ1) is 10.9. The highest BCUT2D eigenvalue weighted by molar-refractivity contribution is 5.58. The van der Waals surface area contributed by atoms with Gasteiger partial charge in [0.05, 0.1) is 18.9 Å². The van der Waals surface area contributed by atoms with Crippen molar-refractivity contribution in [2.24, 2.45) is 0 Å². The summed E-state index contributed by atoms with van der Waals surface area (Å²) in [7, 11) is 0. The van der Waals surface area contributed by atoms with E-state index in [0.29, 0.717) is 6.04 Å². The quantitative estimate of drug-likeness (QED) is 0.743. The molecule has 4 nitrogen and oxygen atoms in total. The fourth-order valence-electron chi connectivity index (χ4n) is 2.49. The molecule has 4 heteroatoms. The van der Waals surface area contributed by atoms with Crippen molar-refractivity contribution in [1.29, 1.82) is 0 Å². The molecule has 0 aromatic heterocycles. The van der Waals surface area contributed by atoms with Crippen LogP contribution in [0.4, 0.5) is 5.69 Å². The lowest BCUT2D eigenvalue weighted by molar-refractivity contribution is -0.908. The summed E-state index contributed by atoms with van der Waals surface area (Å²) in [6.07, 6.45) is 0. The SMILES string of the molecule is c1ccc2c(c1)N[C@H](C[NH+]1CCOCC1)CO2. The molecule has 1 aromatic rings. The van der Waals surface area contributed by atoms with Crippen molar-refractivity contribution in [3.05, 3.63) is 24.3 Å². The van der Waals surface area contributed by atoms with E-state index in [1.165, 1.54) is 0 Å². The Morgan fingerprint density at radius 1 is 1.24 bits per heavy atom. The Balaban J connectivity index is 1.60. The van der Waals surface area contributed by atoms with Crippen molar-refractivity contribution in [2.45, 2.75) is 6.04 Å². The van der Waals surface area contributed by atoms with Gasteiger partial charge in [-0.1, -0.05) is 12.1 Å². The Bertz CT molecular complexity index is 377. The van der Waals surface area contributed by atoms with Crippen LogP contribution in [0.5, 0.6) is 5.75 Å². The van der Waals surface area contributed by atoms with Gasteiger partial charge in [0.25, 0.3) is 0 Å². The number of ether oxygens (including phenoxy) is 2. The summed E-state index contributed by atoms with van der Waals surface area (Å²) in [4.78, 5) is 1.61. The van der Waals surface area contributed by atoms with Crippen LogP contribution in [-0.2, 0) is 4.74 Å². The first-order chi connectivity index (χ1) is 8.42. The molecule has 0 radical (unpaired) electrons. The molecule has 2 N–H and O–H groups in total. The number of quaternary nitrogens is 1. The molecular formula is C13H19N2O2+. The maximum Gasteiger partial charge on any atom is 0.142 e. The van der Waals surface area contributed by atoms with Gasteiger partial charge < -0.3 is 19.7 Å². The number of nitrogens with one attached hydrogen (secondary N) is 2. The second-order valence-corrected chi connectivity index (χ2v) is 4.71. The monoisotopic (exact) mass is 235 g/mol. The number of para-hydroxylation sites is 2. The van der Waals surface area contributed by atoms with E-state index in [9.17, 15) is 0 Å². The number of hydrogen-bond donors (Lipinski definition) is 2. The number of hydrogen-bond acceptors (Lipinski definition) is 3. The van der Waals surface area contributed by atoms with Crippen LogP contribution in [0, 0.1) is 0 Å². The molecule has 92 valence electrons. The van der Waals surface area contributed by atoms with E-state index in [0.717, 1.165) is 50.9 Å². The summed E-state index contributed by atoms with van der Waals surface area (Å²) in [5, 5.41) is 3.56. The molecule has 0 bridgehead atoms. The molecule has 17 heavy (non-hydrogen) atoms. The zero-order chi connectivity index (χ0) is 11.5. The fourth-order valence-corrected chi connectivity index (χ4v) is 2.49. The Morgan fingerprint density at radius 2 is 2.06 bits per heavy atom. The molecule has 2 heterocycles. The number of anilines is 1. The largest absolute Gasteiger partial charge is 0.489 e. The van der Waals surface area contributed by atoms with Crippen molar-refractivity contribution in [3.63, 3.8) is 0 Å². The summed E-state index contributed by atoms with van der Waals surface area (Å²) in [5.74, 6) is 0.973. The maximum atomic E-state index is 5.77. The molecular weight excluding hydrogens is 216 g/mol. The molecule has 0 aliphatic carbocycles. The van der Waals surface area contributed by atoms with Crippen LogP contribution in [0.2, 0.25) is 0 Å². The number of morpholine rings is 1. The van der Waals surface area contributed by atoms with Crippen LogP contribution in [0.1, 0.15) is 0 Å². The summed E-state index contributed by atoms with van der Waals surface area (Å²) < 4.78 is 11.1. The van der Waals surface area contributed by atoms with Crippen molar-refractivity contribution >= 4 is 5.69 Å². The highest BCUT2D eigenvalue weighted by Gasteiger charge is 2.24. The highest BCUT2D eigenvalue weighted by atomic mass is 16.5. The summed E-state index contributed by atoms with van der Waals surface area (Å²) >= 11 is 0. The molecule has 0 saturated carbocycles. The van der Waals surface area contributed by atoms with E-state index in [1.54, 1.807) is 4.90 Å². The first-order valence-corrected chi connectivity index (χ1v) is 6.31. The van der Waals surface area contributed by atoms with Gasteiger partial charge in [-0.05, 0) is 12.1 Å². The molecule has 2 aliphatic rings. The molecule has 1 saturated heterocycles. The molecule has 0 unspecified atom stereocenters.